The van der Waals surface area contributed by atoms with Crippen LogP contribution in [-0.2, 0) is 17.5 Å². The maximum atomic E-state index is 12.7. The smallest absolute Gasteiger partial charge is 0.347 e. The zero-order valence-electron chi connectivity index (χ0n) is 14.4. The molecule has 0 bridgehead atoms. The molecule has 2 aromatic carbocycles. The van der Waals surface area contributed by atoms with Gasteiger partial charge in [-0.2, -0.15) is 13.2 Å². The molecule has 2 rings (SSSR count). The summed E-state index contributed by atoms with van der Waals surface area (Å²) in [5.74, 6) is -0.0828. The Kier molecular flexibility index (Phi) is 5.85. The number of hydrogen-bond acceptors (Lipinski definition) is 2. The van der Waals surface area contributed by atoms with Gasteiger partial charge in [-0.05, 0) is 30.3 Å². The van der Waals surface area contributed by atoms with Gasteiger partial charge in [-0.15, -0.1) is 0 Å². The van der Waals surface area contributed by atoms with E-state index in [1.807, 2.05) is 35.2 Å². The first kappa shape index (κ1) is 19.0. The number of benzene rings is 2. The molecular weight excluding hydrogens is 329 g/mol. The van der Waals surface area contributed by atoms with Crippen LogP contribution in [-0.4, -0.2) is 36.9 Å². The lowest BCUT2D eigenvalue weighted by molar-refractivity contribution is -0.137. The van der Waals surface area contributed by atoms with Crippen molar-refractivity contribution in [2.75, 3.05) is 21.1 Å². The summed E-state index contributed by atoms with van der Waals surface area (Å²) in [6, 6.07) is 13.8. The van der Waals surface area contributed by atoms with Crippen LogP contribution in [0.15, 0.2) is 54.6 Å². The number of amides is 1. The number of alkyl halides is 3. The number of carbonyl (C=O) groups is 1. The molecule has 0 saturated heterocycles. The third-order valence-corrected chi connectivity index (χ3v) is 3.94. The van der Waals surface area contributed by atoms with Gasteiger partial charge in [0, 0.05) is 20.6 Å². The lowest BCUT2D eigenvalue weighted by Gasteiger charge is -2.29. The highest BCUT2D eigenvalue weighted by molar-refractivity contribution is 5.82. The SMILES string of the molecule is CN(C)C(=O)[C@H](c1ccccc1)N(C)Cc1ccc(C(F)(F)F)cc1. The summed E-state index contributed by atoms with van der Waals surface area (Å²) in [4.78, 5) is 15.9. The van der Waals surface area contributed by atoms with Crippen LogP contribution in [0.1, 0.15) is 22.7 Å². The topological polar surface area (TPSA) is 23.6 Å². The van der Waals surface area contributed by atoms with Crippen LogP contribution < -0.4 is 0 Å². The highest BCUT2D eigenvalue weighted by atomic mass is 19.4. The van der Waals surface area contributed by atoms with E-state index in [0.29, 0.717) is 12.1 Å². The van der Waals surface area contributed by atoms with Crippen LogP contribution in [0.25, 0.3) is 0 Å². The van der Waals surface area contributed by atoms with Crippen LogP contribution in [0, 0.1) is 0 Å². The van der Waals surface area contributed by atoms with Crippen LogP contribution in [0.2, 0.25) is 0 Å². The zero-order valence-corrected chi connectivity index (χ0v) is 14.4. The molecule has 25 heavy (non-hydrogen) atoms. The van der Waals surface area contributed by atoms with Crippen molar-refractivity contribution in [1.29, 1.82) is 0 Å². The number of hydrogen-bond donors (Lipinski definition) is 0. The van der Waals surface area contributed by atoms with Crippen LogP contribution >= 0.6 is 0 Å². The Bertz CT molecular complexity index is 697. The first-order chi connectivity index (χ1) is 11.7. The summed E-state index contributed by atoms with van der Waals surface area (Å²) in [6.07, 6.45) is -4.35. The second kappa shape index (κ2) is 7.70. The average Bonchev–Trinajstić information content (AvgIpc) is 2.55. The van der Waals surface area contributed by atoms with Gasteiger partial charge in [-0.3, -0.25) is 9.69 Å². The second-order valence-electron chi connectivity index (χ2n) is 6.16. The molecule has 0 heterocycles. The highest BCUT2D eigenvalue weighted by Crippen LogP contribution is 2.30. The van der Waals surface area contributed by atoms with Gasteiger partial charge in [-0.1, -0.05) is 42.5 Å². The van der Waals surface area contributed by atoms with Crippen molar-refractivity contribution in [3.05, 3.63) is 71.3 Å². The molecular formula is C19H21F3N2O. The molecule has 0 fully saturated rings. The van der Waals surface area contributed by atoms with Gasteiger partial charge in [0.1, 0.15) is 6.04 Å². The molecule has 0 aliphatic heterocycles. The fourth-order valence-electron chi connectivity index (χ4n) is 2.64. The van der Waals surface area contributed by atoms with Crippen LogP contribution in [0.3, 0.4) is 0 Å². The standard InChI is InChI=1S/C19H21F3N2O/c1-23(2)18(25)17(15-7-5-4-6-8-15)24(3)13-14-9-11-16(12-10-14)19(20,21)22/h4-12,17H,13H2,1-3H3/t17-/m0/s1. The van der Waals surface area contributed by atoms with Gasteiger partial charge < -0.3 is 4.90 Å². The summed E-state index contributed by atoms with van der Waals surface area (Å²) in [5.41, 5.74) is 0.876. The Morgan fingerprint density at radius 1 is 0.960 bits per heavy atom. The summed E-state index contributed by atoms with van der Waals surface area (Å²) < 4.78 is 38.0. The van der Waals surface area contributed by atoms with E-state index in [0.717, 1.165) is 17.7 Å². The fraction of sp³-hybridized carbons (Fsp3) is 0.316. The minimum Gasteiger partial charge on any atom is -0.347 e. The summed E-state index contributed by atoms with van der Waals surface area (Å²) in [7, 11) is 5.16. The number of rotatable bonds is 5. The fourth-order valence-corrected chi connectivity index (χ4v) is 2.64. The molecule has 0 unspecified atom stereocenters. The molecule has 0 aliphatic rings. The largest absolute Gasteiger partial charge is 0.416 e. The highest BCUT2D eigenvalue weighted by Gasteiger charge is 2.30. The third-order valence-electron chi connectivity index (χ3n) is 3.94. The molecule has 2 aromatic rings. The summed E-state index contributed by atoms with van der Waals surface area (Å²) in [6.45, 7) is 0.358. The third kappa shape index (κ3) is 4.82. The molecule has 0 radical (unpaired) electrons. The van der Waals surface area contributed by atoms with Gasteiger partial charge >= 0.3 is 6.18 Å². The first-order valence-electron chi connectivity index (χ1n) is 7.82. The van der Waals surface area contributed by atoms with E-state index in [2.05, 4.69) is 0 Å². The molecule has 6 heteroatoms. The van der Waals surface area contributed by atoms with E-state index < -0.39 is 17.8 Å². The van der Waals surface area contributed by atoms with Gasteiger partial charge in [0.2, 0.25) is 5.91 Å². The lowest BCUT2D eigenvalue weighted by Crippen LogP contribution is -2.37. The molecule has 3 nitrogen and oxygen atoms in total. The molecule has 0 N–H and O–H groups in total. The lowest BCUT2D eigenvalue weighted by atomic mass is 10.0. The second-order valence-corrected chi connectivity index (χ2v) is 6.16. The van der Waals surface area contributed by atoms with Gasteiger partial charge in [-0.25, -0.2) is 0 Å². The molecule has 0 spiro atoms. The molecule has 0 aromatic heterocycles. The van der Waals surface area contributed by atoms with E-state index in [1.54, 1.807) is 21.1 Å². The zero-order chi connectivity index (χ0) is 18.6. The van der Waals surface area contributed by atoms with Crippen molar-refractivity contribution in [2.45, 2.75) is 18.8 Å². The predicted molar refractivity (Wildman–Crippen MR) is 90.8 cm³/mol. The van der Waals surface area contributed by atoms with Crippen LogP contribution in [0.4, 0.5) is 13.2 Å². The van der Waals surface area contributed by atoms with Crippen molar-refractivity contribution in [1.82, 2.24) is 9.80 Å². The number of nitrogens with zero attached hydrogens (tertiary/aromatic N) is 2. The number of halogens is 3. The minimum absolute atomic E-state index is 0.0828. The van der Waals surface area contributed by atoms with Crippen molar-refractivity contribution in [3.8, 4) is 0 Å². The van der Waals surface area contributed by atoms with Gasteiger partial charge in [0.05, 0.1) is 5.56 Å². The molecule has 1 amide bonds. The van der Waals surface area contributed by atoms with E-state index in [9.17, 15) is 18.0 Å². The molecule has 0 aliphatic carbocycles. The monoisotopic (exact) mass is 350 g/mol. The van der Waals surface area contributed by atoms with Crippen molar-refractivity contribution >= 4 is 5.91 Å². The van der Waals surface area contributed by atoms with Crippen molar-refractivity contribution in [3.63, 3.8) is 0 Å². The Morgan fingerprint density at radius 3 is 2.00 bits per heavy atom. The minimum atomic E-state index is -4.35. The Hall–Kier alpha value is -2.34. The Labute approximate surface area is 145 Å². The summed E-state index contributed by atoms with van der Waals surface area (Å²) >= 11 is 0. The van der Waals surface area contributed by atoms with E-state index in [4.69, 9.17) is 0 Å². The van der Waals surface area contributed by atoms with E-state index in [-0.39, 0.29) is 5.91 Å². The number of likely N-dealkylation sites (N-methyl/N-ethyl adjacent to an activating group) is 2. The molecule has 0 saturated carbocycles. The summed E-state index contributed by atoms with van der Waals surface area (Å²) in [5, 5.41) is 0. The molecule has 134 valence electrons. The first-order valence-corrected chi connectivity index (χ1v) is 7.82. The van der Waals surface area contributed by atoms with Crippen molar-refractivity contribution in [2.24, 2.45) is 0 Å². The van der Waals surface area contributed by atoms with Gasteiger partial charge in [0.15, 0.2) is 0 Å². The normalized spacial score (nSPS) is 12.9. The van der Waals surface area contributed by atoms with E-state index >= 15 is 0 Å². The maximum absolute atomic E-state index is 12.7. The Morgan fingerprint density at radius 2 is 1.52 bits per heavy atom. The Balaban J connectivity index is 2.22. The quantitative estimate of drug-likeness (QED) is 0.815. The maximum Gasteiger partial charge on any atom is 0.416 e. The predicted octanol–water partition coefficient (Wildman–Crippen LogP) is 3.97. The number of carbonyl (C=O) groups excluding carboxylic acids is 1. The molecule has 1 atom stereocenters. The van der Waals surface area contributed by atoms with Crippen molar-refractivity contribution < 1.29 is 18.0 Å². The van der Waals surface area contributed by atoms with Gasteiger partial charge in [0.25, 0.3) is 0 Å². The van der Waals surface area contributed by atoms with E-state index in [1.165, 1.54) is 17.0 Å². The van der Waals surface area contributed by atoms with Crippen LogP contribution in [0.5, 0.6) is 0 Å². The average molecular weight is 350 g/mol.